The lowest BCUT2D eigenvalue weighted by atomic mass is 9.91. The second-order valence-electron chi connectivity index (χ2n) is 5.46. The predicted molar refractivity (Wildman–Crippen MR) is 74.4 cm³/mol. The molecule has 134 valence electrons. The Hall–Kier alpha value is -1.86. The summed E-state index contributed by atoms with van der Waals surface area (Å²) >= 11 is 0. The van der Waals surface area contributed by atoms with Crippen LogP contribution >= 0.6 is 0 Å². The molecule has 1 aromatic carbocycles. The van der Waals surface area contributed by atoms with Crippen LogP contribution in [0.2, 0.25) is 0 Å². The molecule has 24 heavy (non-hydrogen) atoms. The molecule has 0 saturated heterocycles. The quantitative estimate of drug-likeness (QED) is 0.631. The Bertz CT molecular complexity index is 631. The Labute approximate surface area is 135 Å². The standard InChI is InChI=1S/C16H16F6O2/c1-3-23-12-7-5-10(11-6-4-9(2)8-24-11)13(15(17,18)19)14(12)16(20,21)22/h5,7-8,11H,3-4,6H2,1-2H3. The molecule has 0 bridgehead atoms. The van der Waals surface area contributed by atoms with Gasteiger partial charge in [0.05, 0.1) is 18.4 Å². The van der Waals surface area contributed by atoms with Crippen molar-refractivity contribution in [1.29, 1.82) is 0 Å². The molecule has 0 amide bonds. The van der Waals surface area contributed by atoms with E-state index in [-0.39, 0.29) is 13.0 Å². The monoisotopic (exact) mass is 354 g/mol. The molecule has 0 aliphatic carbocycles. The molecule has 0 radical (unpaired) electrons. The summed E-state index contributed by atoms with van der Waals surface area (Å²) in [6.07, 6.45) is -9.55. The fraction of sp³-hybridized carbons (Fsp3) is 0.500. The third-order valence-corrected chi connectivity index (χ3v) is 3.65. The fourth-order valence-corrected chi connectivity index (χ4v) is 2.64. The number of halogens is 6. The van der Waals surface area contributed by atoms with E-state index >= 15 is 0 Å². The minimum atomic E-state index is -5.20. The summed E-state index contributed by atoms with van der Waals surface area (Å²) in [7, 11) is 0. The minimum Gasteiger partial charge on any atom is -0.493 e. The Balaban J connectivity index is 2.68. The summed E-state index contributed by atoms with van der Waals surface area (Å²) in [5.74, 6) is -0.830. The zero-order valence-electron chi connectivity index (χ0n) is 13.0. The molecule has 1 aromatic rings. The van der Waals surface area contributed by atoms with Gasteiger partial charge in [-0.15, -0.1) is 0 Å². The van der Waals surface area contributed by atoms with Gasteiger partial charge >= 0.3 is 12.4 Å². The largest absolute Gasteiger partial charge is 0.493 e. The summed E-state index contributed by atoms with van der Waals surface area (Å²) in [5.41, 5.74) is -3.24. The molecule has 1 unspecified atom stereocenters. The van der Waals surface area contributed by atoms with Crippen molar-refractivity contribution in [2.45, 2.75) is 45.1 Å². The van der Waals surface area contributed by atoms with Crippen molar-refractivity contribution in [1.82, 2.24) is 0 Å². The maximum absolute atomic E-state index is 13.5. The average molecular weight is 354 g/mol. The first-order valence-corrected chi connectivity index (χ1v) is 7.31. The smallest absolute Gasteiger partial charge is 0.420 e. The van der Waals surface area contributed by atoms with Gasteiger partial charge in [0.15, 0.2) is 0 Å². The second-order valence-corrected chi connectivity index (χ2v) is 5.46. The highest BCUT2D eigenvalue weighted by atomic mass is 19.4. The van der Waals surface area contributed by atoms with Gasteiger partial charge in [0.2, 0.25) is 0 Å². The number of alkyl halides is 6. The van der Waals surface area contributed by atoms with Crippen LogP contribution in [-0.4, -0.2) is 6.61 Å². The number of hydrogen-bond acceptors (Lipinski definition) is 2. The van der Waals surface area contributed by atoms with Gasteiger partial charge in [0.25, 0.3) is 0 Å². The Morgan fingerprint density at radius 2 is 1.71 bits per heavy atom. The van der Waals surface area contributed by atoms with Gasteiger partial charge in [-0.2, -0.15) is 26.3 Å². The van der Waals surface area contributed by atoms with Crippen LogP contribution in [0.15, 0.2) is 24.0 Å². The highest BCUT2D eigenvalue weighted by Crippen LogP contribution is 2.49. The van der Waals surface area contributed by atoms with Crippen LogP contribution in [0, 0.1) is 0 Å². The van der Waals surface area contributed by atoms with Gasteiger partial charge in [0.1, 0.15) is 17.4 Å². The van der Waals surface area contributed by atoms with Crippen molar-refractivity contribution in [3.05, 3.63) is 40.7 Å². The van der Waals surface area contributed by atoms with Crippen LogP contribution in [-0.2, 0) is 17.1 Å². The first kappa shape index (κ1) is 18.5. The van der Waals surface area contributed by atoms with Crippen molar-refractivity contribution < 1.29 is 35.8 Å². The van der Waals surface area contributed by atoms with E-state index in [4.69, 9.17) is 9.47 Å². The first-order chi connectivity index (χ1) is 11.1. The van der Waals surface area contributed by atoms with E-state index in [9.17, 15) is 26.3 Å². The summed E-state index contributed by atoms with van der Waals surface area (Å²) in [4.78, 5) is 0. The Morgan fingerprint density at radius 3 is 2.17 bits per heavy atom. The normalized spacial score (nSPS) is 18.8. The van der Waals surface area contributed by atoms with E-state index in [2.05, 4.69) is 0 Å². The van der Waals surface area contributed by atoms with Crippen LogP contribution in [0.5, 0.6) is 5.75 Å². The molecule has 2 rings (SSSR count). The number of allylic oxidation sites excluding steroid dienone is 1. The third-order valence-electron chi connectivity index (χ3n) is 3.65. The maximum Gasteiger partial charge on any atom is 0.420 e. The third kappa shape index (κ3) is 3.79. The van der Waals surface area contributed by atoms with Crippen molar-refractivity contribution in [2.75, 3.05) is 6.61 Å². The summed E-state index contributed by atoms with van der Waals surface area (Å²) in [6.45, 7) is 2.96. The van der Waals surface area contributed by atoms with Crippen molar-refractivity contribution >= 4 is 0 Å². The van der Waals surface area contributed by atoms with Gasteiger partial charge in [-0.25, -0.2) is 0 Å². The summed E-state index contributed by atoms with van der Waals surface area (Å²) < 4.78 is 90.4. The minimum absolute atomic E-state index is 0.177. The van der Waals surface area contributed by atoms with Gasteiger partial charge in [-0.05, 0) is 38.3 Å². The van der Waals surface area contributed by atoms with Crippen LogP contribution in [0.25, 0.3) is 0 Å². The lowest BCUT2D eigenvalue weighted by Crippen LogP contribution is -2.22. The fourth-order valence-electron chi connectivity index (χ4n) is 2.64. The van der Waals surface area contributed by atoms with Crippen molar-refractivity contribution in [3.63, 3.8) is 0 Å². The van der Waals surface area contributed by atoms with E-state index in [0.29, 0.717) is 6.42 Å². The van der Waals surface area contributed by atoms with Crippen LogP contribution < -0.4 is 4.74 Å². The van der Waals surface area contributed by atoms with Gasteiger partial charge in [-0.1, -0.05) is 6.07 Å². The lowest BCUT2D eigenvalue weighted by molar-refractivity contribution is -0.164. The molecular formula is C16H16F6O2. The highest BCUT2D eigenvalue weighted by Gasteiger charge is 2.48. The second kappa shape index (κ2) is 6.57. The van der Waals surface area contributed by atoms with Gasteiger partial charge < -0.3 is 9.47 Å². The topological polar surface area (TPSA) is 18.5 Å². The van der Waals surface area contributed by atoms with Crippen LogP contribution in [0.4, 0.5) is 26.3 Å². The van der Waals surface area contributed by atoms with E-state index in [1.165, 1.54) is 13.2 Å². The molecule has 0 saturated carbocycles. The maximum atomic E-state index is 13.5. The molecule has 1 aliphatic heterocycles. The van der Waals surface area contributed by atoms with Crippen LogP contribution in [0.3, 0.4) is 0 Å². The van der Waals surface area contributed by atoms with Gasteiger partial charge in [0, 0.05) is 5.56 Å². The molecule has 0 aromatic heterocycles. The SMILES string of the molecule is CCOc1ccc(C2CCC(C)=CO2)c(C(F)(F)F)c1C(F)(F)F. The van der Waals surface area contributed by atoms with E-state index in [0.717, 1.165) is 17.7 Å². The molecule has 1 heterocycles. The van der Waals surface area contributed by atoms with E-state index < -0.39 is 40.9 Å². The number of ether oxygens (including phenoxy) is 2. The lowest BCUT2D eigenvalue weighted by Gasteiger charge is -2.28. The molecule has 0 spiro atoms. The molecular weight excluding hydrogens is 338 g/mol. The molecule has 2 nitrogen and oxygen atoms in total. The molecule has 0 N–H and O–H groups in total. The molecule has 1 atom stereocenters. The predicted octanol–water partition coefficient (Wildman–Crippen LogP) is 5.88. The zero-order chi connectivity index (χ0) is 18.1. The van der Waals surface area contributed by atoms with Crippen molar-refractivity contribution in [2.24, 2.45) is 0 Å². The first-order valence-electron chi connectivity index (χ1n) is 7.31. The Morgan fingerprint density at radius 1 is 1.08 bits per heavy atom. The number of rotatable bonds is 3. The average Bonchev–Trinajstić information content (AvgIpc) is 2.46. The highest BCUT2D eigenvalue weighted by molar-refractivity contribution is 5.49. The molecule has 8 heteroatoms. The molecule has 0 fully saturated rings. The number of hydrogen-bond donors (Lipinski definition) is 0. The summed E-state index contributed by atoms with van der Waals surface area (Å²) in [6, 6.07) is 1.92. The van der Waals surface area contributed by atoms with Crippen molar-refractivity contribution in [3.8, 4) is 5.75 Å². The van der Waals surface area contributed by atoms with Gasteiger partial charge in [-0.3, -0.25) is 0 Å². The summed E-state index contributed by atoms with van der Waals surface area (Å²) in [5, 5.41) is 0. The number of benzene rings is 1. The van der Waals surface area contributed by atoms with E-state index in [1.54, 1.807) is 6.92 Å². The van der Waals surface area contributed by atoms with E-state index in [1.807, 2.05) is 0 Å². The van der Waals surface area contributed by atoms with Crippen LogP contribution in [0.1, 0.15) is 49.5 Å². The Kier molecular flexibility index (Phi) is 5.05. The molecule has 1 aliphatic rings. The zero-order valence-corrected chi connectivity index (χ0v) is 13.0.